The summed E-state index contributed by atoms with van der Waals surface area (Å²) < 4.78 is 0. The number of nitrogens with two attached hydrogens (primary N) is 1. The van der Waals surface area contributed by atoms with Crippen LogP contribution in [0.3, 0.4) is 0 Å². The zero-order valence-corrected chi connectivity index (χ0v) is 11.1. The molecule has 19 heavy (non-hydrogen) atoms. The molecule has 1 unspecified atom stereocenters. The first kappa shape index (κ1) is 12.2. The van der Waals surface area contributed by atoms with Crippen LogP contribution in [0.25, 0.3) is 0 Å². The van der Waals surface area contributed by atoms with Gasteiger partial charge in [0, 0.05) is 24.8 Å². The molecule has 0 aromatic heterocycles. The Balaban J connectivity index is 1.63. The summed E-state index contributed by atoms with van der Waals surface area (Å²) in [5.41, 5.74) is 10.4. The zero-order valence-electron chi connectivity index (χ0n) is 11.1. The highest BCUT2D eigenvalue weighted by atomic mass is 15.2. The monoisotopic (exact) mass is 252 g/mol. The SMILES string of the molecule is NC(Cc1ccccc1)CN1CCc2ccccc21. The maximum absolute atomic E-state index is 6.30. The van der Waals surface area contributed by atoms with Crippen molar-refractivity contribution in [2.75, 3.05) is 18.0 Å². The van der Waals surface area contributed by atoms with E-state index in [1.165, 1.54) is 16.8 Å². The maximum Gasteiger partial charge on any atom is 0.0400 e. The third-order valence-corrected chi connectivity index (χ3v) is 3.78. The van der Waals surface area contributed by atoms with Crippen molar-refractivity contribution >= 4 is 5.69 Å². The van der Waals surface area contributed by atoms with E-state index in [-0.39, 0.29) is 6.04 Å². The predicted octanol–water partition coefficient (Wildman–Crippen LogP) is 2.62. The molecule has 2 nitrogen and oxygen atoms in total. The molecule has 0 bridgehead atoms. The molecule has 0 spiro atoms. The van der Waals surface area contributed by atoms with E-state index in [9.17, 15) is 0 Å². The number of anilines is 1. The Hall–Kier alpha value is -1.80. The van der Waals surface area contributed by atoms with Crippen molar-refractivity contribution in [2.24, 2.45) is 5.73 Å². The minimum absolute atomic E-state index is 0.188. The maximum atomic E-state index is 6.30. The first-order valence-corrected chi connectivity index (χ1v) is 6.95. The van der Waals surface area contributed by atoms with E-state index in [2.05, 4.69) is 53.4 Å². The normalized spacial score (nSPS) is 15.3. The molecule has 0 saturated heterocycles. The minimum Gasteiger partial charge on any atom is -0.369 e. The Morgan fingerprint density at radius 2 is 1.74 bits per heavy atom. The second kappa shape index (κ2) is 5.45. The largest absolute Gasteiger partial charge is 0.369 e. The second-order valence-electron chi connectivity index (χ2n) is 5.27. The highest BCUT2D eigenvalue weighted by Crippen LogP contribution is 2.27. The van der Waals surface area contributed by atoms with Crippen molar-refractivity contribution in [2.45, 2.75) is 18.9 Å². The number of nitrogens with zero attached hydrogens (tertiary/aromatic N) is 1. The molecule has 1 aliphatic heterocycles. The first-order valence-electron chi connectivity index (χ1n) is 6.95. The number of hydrogen-bond acceptors (Lipinski definition) is 2. The highest BCUT2D eigenvalue weighted by Gasteiger charge is 2.20. The quantitative estimate of drug-likeness (QED) is 0.906. The molecule has 0 fully saturated rings. The molecule has 0 saturated carbocycles. The third kappa shape index (κ3) is 2.79. The van der Waals surface area contributed by atoms with Crippen LogP contribution in [0.1, 0.15) is 11.1 Å². The summed E-state index contributed by atoms with van der Waals surface area (Å²) in [4.78, 5) is 2.42. The van der Waals surface area contributed by atoms with Crippen molar-refractivity contribution in [1.29, 1.82) is 0 Å². The summed E-state index contributed by atoms with van der Waals surface area (Å²) in [6, 6.07) is 19.3. The molecular weight excluding hydrogens is 232 g/mol. The predicted molar refractivity (Wildman–Crippen MR) is 80.5 cm³/mol. The summed E-state index contributed by atoms with van der Waals surface area (Å²) in [5, 5.41) is 0. The van der Waals surface area contributed by atoms with Gasteiger partial charge < -0.3 is 10.6 Å². The molecule has 2 heteroatoms. The van der Waals surface area contributed by atoms with Gasteiger partial charge in [-0.05, 0) is 30.0 Å². The summed E-state index contributed by atoms with van der Waals surface area (Å²) in [6.45, 7) is 2.04. The molecule has 1 aliphatic rings. The minimum atomic E-state index is 0.188. The van der Waals surface area contributed by atoms with Crippen molar-refractivity contribution in [3.05, 3.63) is 65.7 Å². The van der Waals surface area contributed by atoms with Crippen molar-refractivity contribution < 1.29 is 0 Å². The molecule has 1 atom stereocenters. The van der Waals surface area contributed by atoms with E-state index < -0.39 is 0 Å². The molecule has 2 aromatic rings. The third-order valence-electron chi connectivity index (χ3n) is 3.78. The van der Waals surface area contributed by atoms with Crippen molar-refractivity contribution in [3.8, 4) is 0 Å². The van der Waals surface area contributed by atoms with Crippen LogP contribution >= 0.6 is 0 Å². The van der Waals surface area contributed by atoms with Crippen LogP contribution in [0.5, 0.6) is 0 Å². The average molecular weight is 252 g/mol. The average Bonchev–Trinajstić information content (AvgIpc) is 2.83. The van der Waals surface area contributed by atoms with Crippen molar-refractivity contribution in [1.82, 2.24) is 0 Å². The molecule has 1 heterocycles. The van der Waals surface area contributed by atoms with Gasteiger partial charge >= 0.3 is 0 Å². The fourth-order valence-corrected chi connectivity index (χ4v) is 2.86. The Bertz CT molecular complexity index is 536. The molecular formula is C17H20N2. The van der Waals surface area contributed by atoms with Crippen LogP contribution in [0.2, 0.25) is 0 Å². The van der Waals surface area contributed by atoms with E-state index in [1.54, 1.807) is 0 Å². The topological polar surface area (TPSA) is 29.3 Å². The first-order chi connectivity index (χ1) is 9.33. The van der Waals surface area contributed by atoms with Crippen LogP contribution in [-0.4, -0.2) is 19.1 Å². The Morgan fingerprint density at radius 3 is 2.58 bits per heavy atom. The van der Waals surface area contributed by atoms with Crippen LogP contribution in [0.4, 0.5) is 5.69 Å². The lowest BCUT2D eigenvalue weighted by Gasteiger charge is -2.23. The summed E-state index contributed by atoms with van der Waals surface area (Å²) in [6.07, 6.45) is 2.09. The molecule has 0 radical (unpaired) electrons. The zero-order chi connectivity index (χ0) is 13.1. The Labute approximate surface area is 114 Å². The molecule has 98 valence electrons. The number of hydrogen-bond donors (Lipinski definition) is 1. The fourth-order valence-electron chi connectivity index (χ4n) is 2.86. The standard InChI is InChI=1S/C17H20N2/c18-16(12-14-6-2-1-3-7-14)13-19-11-10-15-8-4-5-9-17(15)19/h1-9,16H,10-13,18H2. The van der Waals surface area contributed by atoms with Gasteiger partial charge in [-0.2, -0.15) is 0 Å². The summed E-state index contributed by atoms with van der Waals surface area (Å²) in [7, 11) is 0. The van der Waals surface area contributed by atoms with Gasteiger partial charge in [0.15, 0.2) is 0 Å². The van der Waals surface area contributed by atoms with Crippen LogP contribution in [-0.2, 0) is 12.8 Å². The molecule has 0 aliphatic carbocycles. The van der Waals surface area contributed by atoms with Crippen LogP contribution < -0.4 is 10.6 Å². The van der Waals surface area contributed by atoms with Gasteiger partial charge in [-0.3, -0.25) is 0 Å². The summed E-state index contributed by atoms with van der Waals surface area (Å²) >= 11 is 0. The Morgan fingerprint density at radius 1 is 1.00 bits per heavy atom. The molecule has 2 aromatic carbocycles. The fraction of sp³-hybridized carbons (Fsp3) is 0.294. The van der Waals surface area contributed by atoms with E-state index in [1.807, 2.05) is 6.07 Å². The van der Waals surface area contributed by atoms with Gasteiger partial charge in [0.1, 0.15) is 0 Å². The van der Waals surface area contributed by atoms with Gasteiger partial charge in [-0.25, -0.2) is 0 Å². The number of benzene rings is 2. The Kier molecular flexibility index (Phi) is 3.51. The number of rotatable bonds is 4. The number of fused-ring (bicyclic) bond motifs is 1. The summed E-state index contributed by atoms with van der Waals surface area (Å²) in [5.74, 6) is 0. The van der Waals surface area contributed by atoms with Gasteiger partial charge in [0.05, 0.1) is 0 Å². The van der Waals surface area contributed by atoms with Crippen LogP contribution in [0, 0.1) is 0 Å². The van der Waals surface area contributed by atoms with Crippen LogP contribution in [0.15, 0.2) is 54.6 Å². The smallest absolute Gasteiger partial charge is 0.0400 e. The molecule has 2 N–H and O–H groups in total. The lowest BCUT2D eigenvalue weighted by Crippen LogP contribution is -2.38. The highest BCUT2D eigenvalue weighted by molar-refractivity contribution is 5.57. The molecule has 3 rings (SSSR count). The van der Waals surface area contributed by atoms with E-state index >= 15 is 0 Å². The van der Waals surface area contributed by atoms with E-state index in [0.717, 1.165) is 25.9 Å². The number of para-hydroxylation sites is 1. The molecule has 0 amide bonds. The van der Waals surface area contributed by atoms with Gasteiger partial charge in [-0.1, -0.05) is 48.5 Å². The second-order valence-corrected chi connectivity index (χ2v) is 5.27. The van der Waals surface area contributed by atoms with Gasteiger partial charge in [0.25, 0.3) is 0 Å². The van der Waals surface area contributed by atoms with E-state index in [4.69, 9.17) is 5.73 Å². The lowest BCUT2D eigenvalue weighted by atomic mass is 10.1. The van der Waals surface area contributed by atoms with Gasteiger partial charge in [0.2, 0.25) is 0 Å². The lowest BCUT2D eigenvalue weighted by molar-refractivity contribution is 0.640. The van der Waals surface area contributed by atoms with Gasteiger partial charge in [-0.15, -0.1) is 0 Å². The van der Waals surface area contributed by atoms with Crippen molar-refractivity contribution in [3.63, 3.8) is 0 Å². The van der Waals surface area contributed by atoms with E-state index in [0.29, 0.717) is 0 Å².